The van der Waals surface area contributed by atoms with Crippen molar-refractivity contribution in [1.29, 1.82) is 0 Å². The molecular formula is C49H50N2O4. The molecule has 55 heavy (non-hydrogen) atoms. The summed E-state index contributed by atoms with van der Waals surface area (Å²) in [6, 6.07) is 48.3. The number of hydrogen-bond acceptors (Lipinski definition) is 4. The molecule has 0 aromatic heterocycles. The number of amides is 2. The van der Waals surface area contributed by atoms with Crippen molar-refractivity contribution in [3.8, 4) is 0 Å². The van der Waals surface area contributed by atoms with Gasteiger partial charge in [0, 0.05) is 0 Å². The van der Waals surface area contributed by atoms with E-state index in [2.05, 4.69) is 10.6 Å². The molecule has 6 heteroatoms. The van der Waals surface area contributed by atoms with Crippen LogP contribution in [-0.2, 0) is 33.6 Å². The number of carbonyl (C=O) groups excluding carboxylic acids is 2. The van der Waals surface area contributed by atoms with E-state index in [-0.39, 0.29) is 0 Å². The van der Waals surface area contributed by atoms with Crippen LogP contribution in [0, 0.1) is 27.7 Å². The molecule has 4 N–H and O–H groups in total. The predicted molar refractivity (Wildman–Crippen MR) is 219 cm³/mol. The first-order valence-corrected chi connectivity index (χ1v) is 18.8. The van der Waals surface area contributed by atoms with Crippen LogP contribution >= 0.6 is 0 Å². The highest BCUT2D eigenvalue weighted by Crippen LogP contribution is 2.37. The lowest BCUT2D eigenvalue weighted by Gasteiger charge is -2.39. The van der Waals surface area contributed by atoms with Crippen molar-refractivity contribution in [2.75, 3.05) is 0 Å². The minimum Gasteiger partial charge on any atom is -0.378 e. The first-order valence-electron chi connectivity index (χ1n) is 18.8. The van der Waals surface area contributed by atoms with E-state index in [9.17, 15) is 19.8 Å². The van der Waals surface area contributed by atoms with Crippen LogP contribution in [0.5, 0.6) is 0 Å². The molecule has 6 aromatic carbocycles. The van der Waals surface area contributed by atoms with Crippen LogP contribution in [0.3, 0.4) is 0 Å². The lowest BCUT2D eigenvalue weighted by atomic mass is 9.77. The molecule has 0 aliphatic heterocycles. The summed E-state index contributed by atoms with van der Waals surface area (Å²) in [5.74, 6) is -1.10. The van der Waals surface area contributed by atoms with Crippen molar-refractivity contribution in [3.05, 3.63) is 213 Å². The average molecular weight is 731 g/mol. The number of aliphatic hydroxyl groups is 2. The van der Waals surface area contributed by atoms with Gasteiger partial charge < -0.3 is 20.8 Å². The maximum absolute atomic E-state index is 14.1. The van der Waals surface area contributed by atoms with Gasteiger partial charge in [0.2, 0.25) is 11.8 Å². The molecule has 0 fully saturated rings. The van der Waals surface area contributed by atoms with Gasteiger partial charge in [-0.2, -0.15) is 0 Å². The van der Waals surface area contributed by atoms with Gasteiger partial charge in [-0.3, -0.25) is 9.59 Å². The highest BCUT2D eigenvalue weighted by atomic mass is 16.3. The molecule has 2 unspecified atom stereocenters. The second kappa shape index (κ2) is 17.1. The molecule has 0 radical (unpaired) electrons. The zero-order chi connectivity index (χ0) is 39.0. The summed E-state index contributed by atoms with van der Waals surface area (Å²) < 4.78 is 0. The van der Waals surface area contributed by atoms with E-state index in [1.165, 1.54) is 0 Å². The Morgan fingerprint density at radius 2 is 0.691 bits per heavy atom. The molecule has 2 amide bonds. The molecule has 6 aromatic rings. The second-order valence-corrected chi connectivity index (χ2v) is 14.8. The Hall–Kier alpha value is -5.82. The van der Waals surface area contributed by atoms with Crippen LogP contribution in [0.15, 0.2) is 158 Å². The maximum atomic E-state index is 14.1. The van der Waals surface area contributed by atoms with E-state index >= 15 is 0 Å². The zero-order valence-corrected chi connectivity index (χ0v) is 32.0. The number of benzene rings is 6. The Labute approximate surface area is 324 Å². The highest BCUT2D eigenvalue weighted by Gasteiger charge is 2.43. The minimum atomic E-state index is -1.64. The van der Waals surface area contributed by atoms with Crippen molar-refractivity contribution in [1.82, 2.24) is 10.6 Å². The van der Waals surface area contributed by atoms with E-state index in [0.717, 1.165) is 33.4 Å². The van der Waals surface area contributed by atoms with Crippen LogP contribution in [0.4, 0.5) is 0 Å². The SMILES string of the molecule is Cc1ccc(C(O)(c2ccc(C)cc2)C(Cc2ccccc2)NC(=O)CC(=O)NC(Cc2ccccc2)C(O)(c2ccc(C)cc2)c2ccc(C)cc2)cc1. The first kappa shape index (κ1) is 38.9. The average Bonchev–Trinajstić information content (AvgIpc) is 3.18. The Kier molecular flexibility index (Phi) is 12.1. The molecule has 0 spiro atoms. The smallest absolute Gasteiger partial charge is 0.229 e. The van der Waals surface area contributed by atoms with Gasteiger partial charge in [0.05, 0.1) is 12.1 Å². The molecule has 2 atom stereocenters. The van der Waals surface area contributed by atoms with Gasteiger partial charge in [0.15, 0.2) is 0 Å². The van der Waals surface area contributed by atoms with Crippen LogP contribution in [-0.4, -0.2) is 34.1 Å². The van der Waals surface area contributed by atoms with Gasteiger partial charge in [0.1, 0.15) is 17.6 Å². The fraction of sp³-hybridized carbons (Fsp3) is 0.224. The summed E-state index contributed by atoms with van der Waals surface area (Å²) in [6.07, 6.45) is 0.0691. The summed E-state index contributed by atoms with van der Waals surface area (Å²) in [5.41, 5.74) is 5.19. The Bertz CT molecular complexity index is 1910. The van der Waals surface area contributed by atoms with Crippen LogP contribution < -0.4 is 10.6 Å². The van der Waals surface area contributed by atoms with Crippen molar-refractivity contribution in [2.45, 2.75) is 70.2 Å². The summed E-state index contributed by atoms with van der Waals surface area (Å²) >= 11 is 0. The lowest BCUT2D eigenvalue weighted by Crippen LogP contribution is -2.55. The lowest BCUT2D eigenvalue weighted by molar-refractivity contribution is -0.132. The standard InChI is InChI=1S/C49H50N2O4/c1-34-15-23-40(24-16-34)48(54,41-25-17-35(2)18-26-41)44(31-38-11-7-5-8-12-38)50-46(52)33-47(53)51-45(32-39-13-9-6-10-14-39)49(55,42-27-19-36(3)20-28-42)43-29-21-37(4)22-30-43/h5-30,44-45,54-55H,31-33H2,1-4H3,(H,50,52)(H,51,53). The van der Waals surface area contributed by atoms with Gasteiger partial charge in [0.25, 0.3) is 0 Å². The summed E-state index contributed by atoms with van der Waals surface area (Å²) in [5, 5.41) is 32.0. The highest BCUT2D eigenvalue weighted by molar-refractivity contribution is 5.97. The van der Waals surface area contributed by atoms with Crippen LogP contribution in [0.25, 0.3) is 0 Å². The molecule has 280 valence electrons. The predicted octanol–water partition coefficient (Wildman–Crippen LogP) is 7.94. The molecule has 0 aliphatic carbocycles. The molecule has 0 saturated heterocycles. The van der Waals surface area contributed by atoms with Crippen LogP contribution in [0.2, 0.25) is 0 Å². The van der Waals surface area contributed by atoms with Crippen molar-refractivity contribution < 1.29 is 19.8 Å². The van der Waals surface area contributed by atoms with E-state index in [1.54, 1.807) is 0 Å². The van der Waals surface area contributed by atoms with Crippen molar-refractivity contribution >= 4 is 11.8 Å². The second-order valence-electron chi connectivity index (χ2n) is 14.8. The topological polar surface area (TPSA) is 98.7 Å². The van der Waals surface area contributed by atoms with E-state index < -0.39 is 41.5 Å². The zero-order valence-electron chi connectivity index (χ0n) is 32.0. The Morgan fingerprint density at radius 1 is 0.436 bits per heavy atom. The van der Waals surface area contributed by atoms with Crippen molar-refractivity contribution in [2.24, 2.45) is 0 Å². The molecule has 6 rings (SSSR count). The van der Waals surface area contributed by atoms with Gasteiger partial charge >= 0.3 is 0 Å². The molecule has 0 bridgehead atoms. The van der Waals surface area contributed by atoms with Gasteiger partial charge in [-0.05, 0) is 73.9 Å². The monoisotopic (exact) mass is 730 g/mol. The molecule has 0 saturated carbocycles. The van der Waals surface area contributed by atoms with E-state index in [4.69, 9.17) is 0 Å². The Morgan fingerprint density at radius 3 is 0.945 bits per heavy atom. The van der Waals surface area contributed by atoms with Gasteiger partial charge in [-0.15, -0.1) is 0 Å². The fourth-order valence-corrected chi connectivity index (χ4v) is 7.31. The number of rotatable bonds is 14. The number of carbonyl (C=O) groups is 2. The molecule has 6 nitrogen and oxygen atoms in total. The number of hydrogen-bond donors (Lipinski definition) is 4. The third-order valence-electron chi connectivity index (χ3n) is 10.5. The van der Waals surface area contributed by atoms with Gasteiger partial charge in [-0.1, -0.05) is 180 Å². The summed E-state index contributed by atoms with van der Waals surface area (Å²) in [4.78, 5) is 28.3. The number of nitrogens with one attached hydrogen (secondary N) is 2. The van der Waals surface area contributed by atoms with Crippen LogP contribution in [0.1, 0.15) is 62.1 Å². The quantitative estimate of drug-likeness (QED) is 0.0856. The maximum Gasteiger partial charge on any atom is 0.229 e. The fourth-order valence-electron chi connectivity index (χ4n) is 7.31. The van der Waals surface area contributed by atoms with Gasteiger partial charge in [-0.25, -0.2) is 0 Å². The Balaban J connectivity index is 1.34. The van der Waals surface area contributed by atoms with E-state index in [1.807, 2.05) is 185 Å². The minimum absolute atomic E-state index is 0.295. The largest absolute Gasteiger partial charge is 0.378 e. The molecule has 0 aliphatic rings. The van der Waals surface area contributed by atoms with E-state index in [0.29, 0.717) is 35.1 Å². The first-order chi connectivity index (χ1) is 26.4. The van der Waals surface area contributed by atoms with Crippen molar-refractivity contribution in [3.63, 3.8) is 0 Å². The summed E-state index contributed by atoms with van der Waals surface area (Å²) in [7, 11) is 0. The third kappa shape index (κ3) is 9.11. The number of aryl methyl sites for hydroxylation is 4. The molecule has 0 heterocycles. The summed E-state index contributed by atoms with van der Waals surface area (Å²) in [6.45, 7) is 7.95. The molecular weight excluding hydrogens is 681 g/mol. The normalized spacial score (nSPS) is 12.8. The third-order valence-corrected chi connectivity index (χ3v) is 10.5.